The van der Waals surface area contributed by atoms with Gasteiger partial charge < -0.3 is 15.3 Å². The molecule has 3 rings (SSSR count). The Labute approximate surface area is 157 Å². The van der Waals surface area contributed by atoms with Crippen LogP contribution in [-0.4, -0.2) is 30.0 Å². The van der Waals surface area contributed by atoms with E-state index in [9.17, 15) is 19.1 Å². The van der Waals surface area contributed by atoms with Crippen molar-refractivity contribution in [2.75, 3.05) is 18.0 Å². The lowest BCUT2D eigenvalue weighted by Crippen LogP contribution is -2.36. The number of anilines is 1. The molecule has 0 radical (unpaired) electrons. The van der Waals surface area contributed by atoms with Crippen LogP contribution in [0.25, 0.3) is 0 Å². The van der Waals surface area contributed by atoms with Gasteiger partial charge in [0.15, 0.2) is 0 Å². The number of carbonyl (C=O) groups is 2. The number of nitrogens with one attached hydrogen (secondary N) is 1. The fraction of sp³-hybridized carbons (Fsp3) is 0.238. The second-order valence-electron chi connectivity index (χ2n) is 6.35. The Bertz CT molecular complexity index is 881. The van der Waals surface area contributed by atoms with Gasteiger partial charge in [0.05, 0.1) is 6.10 Å². The maximum atomic E-state index is 13.7. The number of rotatable bonds is 5. The van der Waals surface area contributed by atoms with Crippen LogP contribution in [0.3, 0.4) is 0 Å². The fourth-order valence-electron chi connectivity index (χ4n) is 3.32. The molecule has 1 atom stereocenters. The molecular formula is C21H21FN2O3. The van der Waals surface area contributed by atoms with Gasteiger partial charge in [0.2, 0.25) is 5.91 Å². The number of amides is 2. The highest BCUT2D eigenvalue weighted by Crippen LogP contribution is 2.30. The quantitative estimate of drug-likeness (QED) is 0.798. The lowest BCUT2D eigenvalue weighted by molar-refractivity contribution is -0.114. The Hall–Kier alpha value is -2.99. The van der Waals surface area contributed by atoms with Crippen molar-refractivity contribution in [3.05, 3.63) is 77.6 Å². The monoisotopic (exact) mass is 368 g/mol. The van der Waals surface area contributed by atoms with Crippen LogP contribution in [0.15, 0.2) is 55.1 Å². The average Bonchev–Trinajstić information content (AvgIpc) is 2.70. The molecule has 2 N–H and O–H groups in total. The van der Waals surface area contributed by atoms with Crippen LogP contribution in [0.5, 0.6) is 0 Å². The highest BCUT2D eigenvalue weighted by atomic mass is 19.1. The SMILES string of the molecule is C=CC(=O)N1CCCc2c(C(=O)NCC(O)c3ccccc3F)cccc21. The smallest absolute Gasteiger partial charge is 0.251 e. The molecule has 0 fully saturated rings. The molecule has 0 saturated heterocycles. The van der Waals surface area contributed by atoms with E-state index < -0.39 is 11.9 Å². The molecule has 1 aliphatic rings. The van der Waals surface area contributed by atoms with Gasteiger partial charge in [0, 0.05) is 29.9 Å². The van der Waals surface area contributed by atoms with Crippen molar-refractivity contribution >= 4 is 17.5 Å². The maximum Gasteiger partial charge on any atom is 0.251 e. The summed E-state index contributed by atoms with van der Waals surface area (Å²) in [5.74, 6) is -1.09. The Kier molecular flexibility index (Phi) is 5.66. The van der Waals surface area contributed by atoms with Crippen LogP contribution in [0, 0.1) is 5.82 Å². The molecule has 2 amide bonds. The number of aliphatic hydroxyl groups is 1. The van der Waals surface area contributed by atoms with Crippen molar-refractivity contribution in [1.82, 2.24) is 5.32 Å². The van der Waals surface area contributed by atoms with Gasteiger partial charge in [-0.25, -0.2) is 4.39 Å². The van der Waals surface area contributed by atoms with Crippen LogP contribution in [0.2, 0.25) is 0 Å². The van der Waals surface area contributed by atoms with Gasteiger partial charge in [-0.3, -0.25) is 9.59 Å². The van der Waals surface area contributed by atoms with E-state index in [2.05, 4.69) is 11.9 Å². The third-order valence-electron chi connectivity index (χ3n) is 4.66. The topological polar surface area (TPSA) is 69.6 Å². The molecule has 1 unspecified atom stereocenters. The Balaban J connectivity index is 1.77. The Morgan fingerprint density at radius 3 is 2.78 bits per heavy atom. The van der Waals surface area contributed by atoms with Crippen molar-refractivity contribution in [1.29, 1.82) is 0 Å². The van der Waals surface area contributed by atoms with E-state index in [0.29, 0.717) is 24.2 Å². The van der Waals surface area contributed by atoms with Crippen molar-refractivity contribution in [2.24, 2.45) is 0 Å². The number of benzene rings is 2. The number of hydrogen-bond acceptors (Lipinski definition) is 3. The van der Waals surface area contributed by atoms with Crippen LogP contribution < -0.4 is 10.2 Å². The first-order valence-electron chi connectivity index (χ1n) is 8.79. The van der Waals surface area contributed by atoms with Gasteiger partial charge in [-0.1, -0.05) is 30.8 Å². The van der Waals surface area contributed by atoms with Crippen LogP contribution >= 0.6 is 0 Å². The fourth-order valence-corrected chi connectivity index (χ4v) is 3.32. The van der Waals surface area contributed by atoms with Gasteiger partial charge in [0.25, 0.3) is 5.91 Å². The van der Waals surface area contributed by atoms with Gasteiger partial charge >= 0.3 is 0 Å². The number of fused-ring (bicyclic) bond motifs is 1. The highest BCUT2D eigenvalue weighted by molar-refractivity contribution is 6.04. The average molecular weight is 368 g/mol. The molecule has 2 aromatic rings. The minimum absolute atomic E-state index is 0.112. The molecule has 0 bridgehead atoms. The molecule has 140 valence electrons. The van der Waals surface area contributed by atoms with E-state index in [4.69, 9.17) is 0 Å². The highest BCUT2D eigenvalue weighted by Gasteiger charge is 2.25. The predicted molar refractivity (Wildman–Crippen MR) is 101 cm³/mol. The zero-order valence-corrected chi connectivity index (χ0v) is 14.8. The summed E-state index contributed by atoms with van der Waals surface area (Å²) in [5, 5.41) is 12.8. The normalized spacial score (nSPS) is 14.2. The van der Waals surface area contributed by atoms with Crippen LogP contribution in [-0.2, 0) is 11.2 Å². The maximum absolute atomic E-state index is 13.7. The molecule has 0 saturated carbocycles. The molecule has 0 spiro atoms. The Morgan fingerprint density at radius 2 is 2.04 bits per heavy atom. The molecule has 6 heteroatoms. The minimum Gasteiger partial charge on any atom is -0.386 e. The molecule has 5 nitrogen and oxygen atoms in total. The van der Waals surface area contributed by atoms with Crippen molar-refractivity contribution in [3.8, 4) is 0 Å². The molecule has 0 aliphatic carbocycles. The van der Waals surface area contributed by atoms with Crippen LogP contribution in [0.1, 0.15) is 34.0 Å². The van der Waals surface area contributed by atoms with Crippen molar-refractivity contribution < 1.29 is 19.1 Å². The summed E-state index contributed by atoms with van der Waals surface area (Å²) in [7, 11) is 0. The number of carbonyl (C=O) groups excluding carboxylic acids is 2. The second-order valence-corrected chi connectivity index (χ2v) is 6.35. The summed E-state index contributed by atoms with van der Waals surface area (Å²) in [4.78, 5) is 26.3. The number of aliphatic hydroxyl groups excluding tert-OH is 1. The summed E-state index contributed by atoms with van der Waals surface area (Å²) in [5.41, 5.74) is 2.08. The summed E-state index contributed by atoms with van der Waals surface area (Å²) < 4.78 is 13.7. The third kappa shape index (κ3) is 3.90. The molecule has 27 heavy (non-hydrogen) atoms. The first kappa shape index (κ1) is 18.8. The van der Waals surface area contributed by atoms with E-state index in [1.165, 1.54) is 24.3 Å². The van der Waals surface area contributed by atoms with Gasteiger partial charge in [-0.05, 0) is 42.7 Å². The summed E-state index contributed by atoms with van der Waals surface area (Å²) in [6.07, 6.45) is 1.53. The first-order chi connectivity index (χ1) is 13.0. The standard InChI is InChI=1S/C21H21FN2O3/c1-2-20(26)24-12-6-9-14-15(8-5-11-18(14)24)21(27)23-13-19(25)16-7-3-4-10-17(16)22/h2-5,7-8,10-11,19,25H,1,6,9,12-13H2,(H,23,27). The number of nitrogens with zero attached hydrogens (tertiary/aromatic N) is 1. The molecule has 1 heterocycles. The Morgan fingerprint density at radius 1 is 1.26 bits per heavy atom. The van der Waals surface area contributed by atoms with E-state index >= 15 is 0 Å². The summed E-state index contributed by atoms with van der Waals surface area (Å²) in [6, 6.07) is 11.1. The molecule has 2 aromatic carbocycles. The lowest BCUT2D eigenvalue weighted by atomic mass is 9.95. The van der Waals surface area contributed by atoms with E-state index in [1.807, 2.05) is 0 Å². The zero-order valence-electron chi connectivity index (χ0n) is 14.8. The number of halogens is 1. The molecule has 1 aliphatic heterocycles. The number of hydrogen-bond donors (Lipinski definition) is 2. The first-order valence-corrected chi connectivity index (χ1v) is 8.79. The predicted octanol–water partition coefficient (Wildman–Crippen LogP) is 2.75. The third-order valence-corrected chi connectivity index (χ3v) is 4.66. The molecular weight excluding hydrogens is 347 g/mol. The molecule has 0 aromatic heterocycles. The van der Waals surface area contributed by atoms with E-state index in [1.54, 1.807) is 29.2 Å². The minimum atomic E-state index is -1.14. The van der Waals surface area contributed by atoms with Crippen LogP contribution in [0.4, 0.5) is 10.1 Å². The largest absolute Gasteiger partial charge is 0.386 e. The van der Waals surface area contributed by atoms with Crippen molar-refractivity contribution in [3.63, 3.8) is 0 Å². The lowest BCUT2D eigenvalue weighted by Gasteiger charge is -2.30. The zero-order chi connectivity index (χ0) is 19.4. The van der Waals surface area contributed by atoms with Crippen molar-refractivity contribution in [2.45, 2.75) is 18.9 Å². The van der Waals surface area contributed by atoms with E-state index in [0.717, 1.165) is 12.0 Å². The van der Waals surface area contributed by atoms with Gasteiger partial charge in [-0.15, -0.1) is 0 Å². The summed E-state index contributed by atoms with van der Waals surface area (Å²) in [6.45, 7) is 3.99. The van der Waals surface area contributed by atoms with Gasteiger partial charge in [-0.2, -0.15) is 0 Å². The van der Waals surface area contributed by atoms with E-state index in [-0.39, 0.29) is 23.9 Å². The van der Waals surface area contributed by atoms with Gasteiger partial charge in [0.1, 0.15) is 5.82 Å². The second kappa shape index (κ2) is 8.14. The summed E-state index contributed by atoms with van der Waals surface area (Å²) >= 11 is 0.